The number of anilines is 2. The topological polar surface area (TPSA) is 85.4 Å². The Morgan fingerprint density at radius 1 is 1.10 bits per heavy atom. The van der Waals surface area contributed by atoms with Crippen LogP contribution in [0.3, 0.4) is 0 Å². The SMILES string of the molecule is Cc1ccc(C(C)C)cc1N1CCc2nn(-c3c(F)cccc3OCC(C)C)c(-c3ccc(NC(N)=O)cc3)c2C1. The molecule has 3 N–H and O–H groups in total. The monoisotopic (exact) mass is 555 g/mol. The van der Waals surface area contributed by atoms with E-state index in [4.69, 9.17) is 15.6 Å². The number of nitrogens with one attached hydrogen (secondary N) is 1. The van der Waals surface area contributed by atoms with Gasteiger partial charge in [0.15, 0.2) is 5.82 Å². The predicted octanol–water partition coefficient (Wildman–Crippen LogP) is 7.20. The lowest BCUT2D eigenvalue weighted by atomic mass is 9.97. The van der Waals surface area contributed by atoms with Crippen LogP contribution in [0.4, 0.5) is 20.6 Å². The van der Waals surface area contributed by atoms with E-state index in [1.165, 1.54) is 22.9 Å². The smallest absolute Gasteiger partial charge is 0.316 e. The van der Waals surface area contributed by atoms with Gasteiger partial charge in [0.1, 0.15) is 11.4 Å². The Morgan fingerprint density at radius 3 is 2.54 bits per heavy atom. The fourth-order valence-electron chi connectivity index (χ4n) is 5.29. The molecule has 1 aliphatic heterocycles. The van der Waals surface area contributed by atoms with Crippen LogP contribution in [0.25, 0.3) is 16.9 Å². The highest BCUT2D eigenvalue weighted by atomic mass is 19.1. The molecule has 0 saturated carbocycles. The Bertz CT molecular complexity index is 1560. The maximum Gasteiger partial charge on any atom is 0.316 e. The third-order valence-corrected chi connectivity index (χ3v) is 7.43. The number of primary amides is 1. The van der Waals surface area contributed by atoms with Crippen LogP contribution in [0, 0.1) is 18.7 Å². The molecule has 0 unspecified atom stereocenters. The van der Waals surface area contributed by atoms with Crippen LogP contribution in [0.15, 0.2) is 60.7 Å². The fourth-order valence-corrected chi connectivity index (χ4v) is 5.29. The van der Waals surface area contributed by atoms with Crippen molar-refractivity contribution in [3.05, 3.63) is 88.9 Å². The van der Waals surface area contributed by atoms with Crippen molar-refractivity contribution in [2.45, 2.75) is 53.5 Å². The number of aromatic nitrogens is 2. The first-order valence-electron chi connectivity index (χ1n) is 14.2. The lowest BCUT2D eigenvalue weighted by Gasteiger charge is -2.31. The van der Waals surface area contributed by atoms with Gasteiger partial charge in [-0.05, 0) is 60.2 Å². The van der Waals surface area contributed by atoms with Crippen molar-refractivity contribution in [3.63, 3.8) is 0 Å². The summed E-state index contributed by atoms with van der Waals surface area (Å²) in [6.07, 6.45) is 0.721. The van der Waals surface area contributed by atoms with Gasteiger partial charge < -0.3 is 20.7 Å². The van der Waals surface area contributed by atoms with E-state index in [9.17, 15) is 4.79 Å². The van der Waals surface area contributed by atoms with Crippen LogP contribution < -0.4 is 20.7 Å². The van der Waals surface area contributed by atoms with E-state index in [2.05, 4.69) is 63.0 Å². The fraction of sp³-hybridized carbons (Fsp3) is 0.333. The Balaban J connectivity index is 1.65. The van der Waals surface area contributed by atoms with Crippen molar-refractivity contribution in [2.75, 3.05) is 23.4 Å². The number of halogens is 1. The van der Waals surface area contributed by atoms with Gasteiger partial charge in [-0.15, -0.1) is 0 Å². The summed E-state index contributed by atoms with van der Waals surface area (Å²) in [5, 5.41) is 7.60. The number of rotatable bonds is 8. The van der Waals surface area contributed by atoms with Gasteiger partial charge in [0.05, 0.1) is 18.0 Å². The van der Waals surface area contributed by atoms with Gasteiger partial charge in [0.25, 0.3) is 0 Å². The molecular formula is C33H38FN5O2. The van der Waals surface area contributed by atoms with Crippen molar-refractivity contribution in [3.8, 4) is 22.7 Å². The summed E-state index contributed by atoms with van der Waals surface area (Å²) in [6, 6.07) is 18.3. The van der Waals surface area contributed by atoms with Crippen molar-refractivity contribution < 1.29 is 13.9 Å². The zero-order chi connectivity index (χ0) is 29.3. The molecule has 2 heterocycles. The number of nitrogens with zero attached hydrogens (tertiary/aromatic N) is 3. The Kier molecular flexibility index (Phi) is 8.01. The van der Waals surface area contributed by atoms with Crippen molar-refractivity contribution in [2.24, 2.45) is 11.7 Å². The van der Waals surface area contributed by atoms with Gasteiger partial charge in [-0.25, -0.2) is 13.9 Å². The molecule has 0 atom stereocenters. The van der Waals surface area contributed by atoms with Crippen LogP contribution >= 0.6 is 0 Å². The van der Waals surface area contributed by atoms with Gasteiger partial charge >= 0.3 is 6.03 Å². The standard InChI is InChI=1S/C33H38FN5O2/c1-20(2)19-41-30-8-6-7-27(34)32(30)39-31(23-11-13-25(14-12-23)36-33(35)40)26-18-38(16-15-28(26)37-39)29-17-24(21(3)4)10-9-22(29)5/h6-14,17,20-21H,15-16,18-19H2,1-5H3,(H3,35,36,40). The summed E-state index contributed by atoms with van der Waals surface area (Å²) >= 11 is 0. The number of hydrogen-bond acceptors (Lipinski definition) is 4. The van der Waals surface area contributed by atoms with Crippen LogP contribution in [-0.2, 0) is 13.0 Å². The average Bonchev–Trinajstić information content (AvgIpc) is 3.30. The number of urea groups is 1. The number of carbonyl (C=O) groups excluding carboxylic acids is 1. The minimum atomic E-state index is -0.631. The van der Waals surface area contributed by atoms with E-state index in [-0.39, 0.29) is 5.92 Å². The van der Waals surface area contributed by atoms with Gasteiger partial charge in [0.2, 0.25) is 0 Å². The molecular weight excluding hydrogens is 517 g/mol. The van der Waals surface area contributed by atoms with Gasteiger partial charge in [0, 0.05) is 42.0 Å². The second-order valence-electron chi connectivity index (χ2n) is 11.4. The maximum absolute atomic E-state index is 15.6. The Morgan fingerprint density at radius 2 is 1.85 bits per heavy atom. The number of nitrogens with two attached hydrogens (primary N) is 1. The first-order valence-corrected chi connectivity index (χ1v) is 14.2. The molecule has 0 saturated heterocycles. The zero-order valence-electron chi connectivity index (χ0n) is 24.4. The largest absolute Gasteiger partial charge is 0.491 e. The number of aryl methyl sites for hydroxylation is 1. The second kappa shape index (κ2) is 11.6. The number of para-hydroxylation sites is 1. The van der Waals surface area contributed by atoms with Crippen molar-refractivity contribution in [1.29, 1.82) is 0 Å². The van der Waals surface area contributed by atoms with E-state index in [0.717, 1.165) is 35.5 Å². The second-order valence-corrected chi connectivity index (χ2v) is 11.4. The molecule has 1 aromatic heterocycles. The summed E-state index contributed by atoms with van der Waals surface area (Å²) in [7, 11) is 0. The van der Waals surface area contributed by atoms with Gasteiger partial charge in [-0.2, -0.15) is 5.10 Å². The quantitative estimate of drug-likeness (QED) is 0.241. The summed E-state index contributed by atoms with van der Waals surface area (Å²) in [6.45, 7) is 12.6. The molecule has 4 aromatic rings. The summed E-state index contributed by atoms with van der Waals surface area (Å²) in [4.78, 5) is 13.8. The third kappa shape index (κ3) is 5.92. The highest BCUT2D eigenvalue weighted by molar-refractivity contribution is 5.88. The summed E-state index contributed by atoms with van der Waals surface area (Å²) in [5.41, 5.74) is 13.5. The molecule has 2 amide bonds. The normalized spacial score (nSPS) is 13.0. The lowest BCUT2D eigenvalue weighted by molar-refractivity contribution is 0.259. The lowest BCUT2D eigenvalue weighted by Crippen LogP contribution is -2.31. The van der Waals surface area contributed by atoms with E-state index >= 15 is 4.39 Å². The number of ether oxygens (including phenoxy) is 1. The molecule has 3 aromatic carbocycles. The molecule has 214 valence electrons. The molecule has 0 fully saturated rings. The van der Waals surface area contributed by atoms with E-state index in [1.807, 2.05) is 12.1 Å². The number of hydrogen-bond donors (Lipinski definition) is 2. The van der Waals surface area contributed by atoms with E-state index in [1.54, 1.807) is 28.9 Å². The highest BCUT2D eigenvalue weighted by Gasteiger charge is 2.29. The van der Waals surface area contributed by atoms with Crippen LogP contribution in [0.2, 0.25) is 0 Å². The molecule has 0 aliphatic carbocycles. The summed E-state index contributed by atoms with van der Waals surface area (Å²) in [5.74, 6) is 0.742. The molecule has 0 bridgehead atoms. The minimum absolute atomic E-state index is 0.278. The predicted molar refractivity (Wildman–Crippen MR) is 163 cm³/mol. The van der Waals surface area contributed by atoms with Gasteiger partial charge in [-0.1, -0.05) is 58.0 Å². The van der Waals surface area contributed by atoms with Gasteiger partial charge in [-0.3, -0.25) is 0 Å². The molecule has 1 aliphatic rings. The van der Waals surface area contributed by atoms with Crippen molar-refractivity contribution in [1.82, 2.24) is 9.78 Å². The molecule has 0 radical (unpaired) electrons. The third-order valence-electron chi connectivity index (χ3n) is 7.43. The van der Waals surface area contributed by atoms with E-state index in [0.29, 0.717) is 36.2 Å². The molecule has 8 heteroatoms. The minimum Gasteiger partial charge on any atom is -0.491 e. The molecule has 0 spiro atoms. The van der Waals surface area contributed by atoms with Crippen LogP contribution in [0.5, 0.6) is 5.75 Å². The zero-order valence-corrected chi connectivity index (χ0v) is 24.4. The van der Waals surface area contributed by atoms with E-state index < -0.39 is 11.8 Å². The highest BCUT2D eigenvalue weighted by Crippen LogP contribution is 2.38. The van der Waals surface area contributed by atoms with Crippen LogP contribution in [0.1, 0.15) is 56.0 Å². The van der Waals surface area contributed by atoms with Crippen molar-refractivity contribution >= 4 is 17.4 Å². The average molecular weight is 556 g/mol. The molecule has 41 heavy (non-hydrogen) atoms. The molecule has 7 nitrogen and oxygen atoms in total. The number of benzene rings is 3. The number of amides is 2. The molecule has 5 rings (SSSR count). The van der Waals surface area contributed by atoms with Crippen LogP contribution in [-0.4, -0.2) is 29.0 Å². The summed E-state index contributed by atoms with van der Waals surface area (Å²) < 4.78 is 23.4. The first kappa shape index (κ1) is 28.2. The Labute approximate surface area is 241 Å². The maximum atomic E-state index is 15.6. The number of carbonyl (C=O) groups is 1. The Hall–Kier alpha value is -4.33. The number of fused-ring (bicyclic) bond motifs is 1. The first-order chi connectivity index (χ1) is 19.6.